The van der Waals surface area contributed by atoms with E-state index in [0.29, 0.717) is 5.69 Å². The van der Waals surface area contributed by atoms with Gasteiger partial charge in [0.15, 0.2) is 0 Å². The first-order valence-corrected chi connectivity index (χ1v) is 6.66. The topological polar surface area (TPSA) is 105 Å². The zero-order chi connectivity index (χ0) is 14.1. The van der Waals surface area contributed by atoms with Crippen LogP contribution in [0.1, 0.15) is 29.1 Å². The molecule has 0 aliphatic heterocycles. The Morgan fingerprint density at radius 1 is 1.55 bits per heavy atom. The smallest absolute Gasteiger partial charge is 0.271 e. The first kappa shape index (κ1) is 12.5. The number of amides is 1. The third kappa shape index (κ3) is 2.30. The van der Waals surface area contributed by atoms with Gasteiger partial charge in [0.2, 0.25) is 4.96 Å². The van der Waals surface area contributed by atoms with Crippen molar-refractivity contribution in [2.75, 3.05) is 0 Å². The Hall–Kier alpha value is -2.55. The number of aromatic nitrogens is 5. The minimum Gasteiger partial charge on any atom is -0.342 e. The van der Waals surface area contributed by atoms with Gasteiger partial charge in [0, 0.05) is 6.20 Å². The summed E-state index contributed by atoms with van der Waals surface area (Å²) >= 11 is 1.42. The van der Waals surface area contributed by atoms with Crippen molar-refractivity contribution in [1.29, 1.82) is 0 Å². The van der Waals surface area contributed by atoms with E-state index in [0.717, 1.165) is 11.2 Å². The Bertz CT molecular complexity index is 771. The molecule has 3 heterocycles. The maximum Gasteiger partial charge on any atom is 0.271 e. The Morgan fingerprint density at radius 2 is 2.40 bits per heavy atom. The van der Waals surface area contributed by atoms with Gasteiger partial charge in [-0.3, -0.25) is 9.59 Å². The standard InChI is InChI=1S/C11H10N6O2S/c1-6(8-4-17-11(16-8)20-5-14-17)15-10(19)7-2-13-9(18)3-12-7/h2-6H,1H3,(H,13,18)(H,15,19)/t6-/m0/s1. The number of hydrogen-bond acceptors (Lipinski definition) is 6. The summed E-state index contributed by atoms with van der Waals surface area (Å²) in [6.07, 6.45) is 4.10. The zero-order valence-corrected chi connectivity index (χ0v) is 11.2. The fourth-order valence-electron chi connectivity index (χ4n) is 1.68. The van der Waals surface area contributed by atoms with Crippen LogP contribution in [0.3, 0.4) is 0 Å². The number of aromatic amines is 1. The van der Waals surface area contributed by atoms with Gasteiger partial charge in [-0.05, 0) is 6.92 Å². The van der Waals surface area contributed by atoms with Crippen LogP contribution in [0.5, 0.6) is 0 Å². The molecule has 8 nitrogen and oxygen atoms in total. The molecule has 2 N–H and O–H groups in total. The molecular weight excluding hydrogens is 280 g/mol. The summed E-state index contributed by atoms with van der Waals surface area (Å²) in [5.41, 5.74) is 2.20. The number of nitrogens with zero attached hydrogens (tertiary/aromatic N) is 4. The van der Waals surface area contributed by atoms with E-state index in [-0.39, 0.29) is 23.2 Å². The second-order valence-electron chi connectivity index (χ2n) is 4.12. The molecule has 1 amide bonds. The monoisotopic (exact) mass is 290 g/mol. The van der Waals surface area contributed by atoms with Crippen LogP contribution in [0.2, 0.25) is 0 Å². The molecule has 0 fully saturated rings. The lowest BCUT2D eigenvalue weighted by Crippen LogP contribution is -2.28. The van der Waals surface area contributed by atoms with Gasteiger partial charge in [0.05, 0.1) is 24.1 Å². The fraction of sp³-hybridized carbons (Fsp3) is 0.182. The Labute approximate surface area is 116 Å². The van der Waals surface area contributed by atoms with E-state index in [1.54, 1.807) is 16.2 Å². The lowest BCUT2D eigenvalue weighted by molar-refractivity contribution is 0.0933. The summed E-state index contributed by atoms with van der Waals surface area (Å²) < 4.78 is 1.65. The Balaban J connectivity index is 1.76. The van der Waals surface area contributed by atoms with E-state index in [2.05, 4.69) is 25.4 Å². The minimum absolute atomic E-state index is 0.149. The van der Waals surface area contributed by atoms with Crippen molar-refractivity contribution < 1.29 is 4.79 Å². The number of fused-ring (bicyclic) bond motifs is 1. The van der Waals surface area contributed by atoms with Crippen molar-refractivity contribution in [1.82, 2.24) is 29.9 Å². The van der Waals surface area contributed by atoms with Crippen LogP contribution in [-0.2, 0) is 0 Å². The third-order valence-electron chi connectivity index (χ3n) is 2.70. The minimum atomic E-state index is -0.377. The highest BCUT2D eigenvalue weighted by Gasteiger charge is 2.15. The van der Waals surface area contributed by atoms with E-state index in [4.69, 9.17) is 0 Å². The highest BCUT2D eigenvalue weighted by Crippen LogP contribution is 2.15. The highest BCUT2D eigenvalue weighted by atomic mass is 32.1. The summed E-state index contributed by atoms with van der Waals surface area (Å²) in [6.45, 7) is 1.82. The summed E-state index contributed by atoms with van der Waals surface area (Å²) in [5.74, 6) is -0.377. The Kier molecular flexibility index (Phi) is 3.03. The second kappa shape index (κ2) is 4.85. The SMILES string of the molecule is C[C@H](NC(=O)c1c[nH]c(=O)cn1)c1cn2ncsc2n1. The van der Waals surface area contributed by atoms with E-state index in [1.165, 1.54) is 17.5 Å². The van der Waals surface area contributed by atoms with Crippen LogP contribution in [-0.4, -0.2) is 30.5 Å². The second-order valence-corrected chi connectivity index (χ2v) is 4.93. The van der Waals surface area contributed by atoms with Gasteiger partial charge in [-0.25, -0.2) is 14.5 Å². The van der Waals surface area contributed by atoms with Gasteiger partial charge in [-0.1, -0.05) is 11.3 Å². The summed E-state index contributed by atoms with van der Waals surface area (Å²) in [6, 6.07) is -0.287. The number of hydrogen-bond donors (Lipinski definition) is 2. The van der Waals surface area contributed by atoms with Crippen molar-refractivity contribution in [3.8, 4) is 0 Å². The molecule has 20 heavy (non-hydrogen) atoms. The van der Waals surface area contributed by atoms with E-state index in [9.17, 15) is 9.59 Å². The van der Waals surface area contributed by atoms with Crippen molar-refractivity contribution >= 4 is 22.2 Å². The van der Waals surface area contributed by atoms with Crippen LogP contribution in [0.25, 0.3) is 4.96 Å². The predicted octanol–water partition coefficient (Wildman–Crippen LogP) is 0.365. The highest BCUT2D eigenvalue weighted by molar-refractivity contribution is 7.14. The van der Waals surface area contributed by atoms with Crippen LogP contribution in [0.4, 0.5) is 0 Å². The average molecular weight is 290 g/mol. The van der Waals surface area contributed by atoms with Crippen LogP contribution in [0, 0.1) is 0 Å². The predicted molar refractivity (Wildman–Crippen MR) is 71.6 cm³/mol. The molecule has 0 radical (unpaired) electrons. The number of nitrogens with one attached hydrogen (secondary N) is 2. The number of imidazole rings is 1. The summed E-state index contributed by atoms with van der Waals surface area (Å²) in [5, 5.41) is 6.84. The quantitative estimate of drug-likeness (QED) is 0.725. The molecular formula is C11H10N6O2S. The lowest BCUT2D eigenvalue weighted by atomic mass is 10.2. The molecule has 9 heteroatoms. The maximum absolute atomic E-state index is 11.9. The average Bonchev–Trinajstić information content (AvgIpc) is 2.99. The van der Waals surface area contributed by atoms with E-state index < -0.39 is 0 Å². The molecule has 1 atom stereocenters. The number of rotatable bonds is 3. The molecule has 0 saturated heterocycles. The zero-order valence-electron chi connectivity index (χ0n) is 10.4. The molecule has 0 aliphatic rings. The van der Waals surface area contributed by atoms with Crippen molar-refractivity contribution in [3.63, 3.8) is 0 Å². The van der Waals surface area contributed by atoms with E-state index in [1.807, 2.05) is 6.92 Å². The fourth-order valence-corrected chi connectivity index (χ4v) is 2.28. The molecule has 3 rings (SSSR count). The van der Waals surface area contributed by atoms with Gasteiger partial charge in [0.25, 0.3) is 11.5 Å². The molecule has 0 spiro atoms. The lowest BCUT2D eigenvalue weighted by Gasteiger charge is -2.10. The number of carbonyl (C=O) groups is 1. The van der Waals surface area contributed by atoms with Gasteiger partial charge < -0.3 is 10.3 Å². The molecule has 0 unspecified atom stereocenters. The van der Waals surface area contributed by atoms with Gasteiger partial charge >= 0.3 is 0 Å². The normalized spacial score (nSPS) is 12.4. The Morgan fingerprint density at radius 3 is 3.10 bits per heavy atom. The van der Waals surface area contributed by atoms with Gasteiger partial charge in [-0.2, -0.15) is 5.10 Å². The van der Waals surface area contributed by atoms with E-state index >= 15 is 0 Å². The first-order chi connectivity index (χ1) is 9.63. The molecule has 3 aromatic rings. The maximum atomic E-state index is 11.9. The first-order valence-electron chi connectivity index (χ1n) is 5.78. The largest absolute Gasteiger partial charge is 0.342 e. The summed E-state index contributed by atoms with van der Waals surface area (Å²) in [4.78, 5) is 34.1. The van der Waals surface area contributed by atoms with Crippen LogP contribution in [0.15, 0.2) is 28.9 Å². The number of H-pyrrole nitrogens is 1. The third-order valence-corrected chi connectivity index (χ3v) is 3.39. The molecule has 0 aromatic carbocycles. The molecule has 0 saturated carbocycles. The summed E-state index contributed by atoms with van der Waals surface area (Å²) in [7, 11) is 0. The number of carbonyl (C=O) groups excluding carboxylic acids is 1. The molecule has 102 valence electrons. The molecule has 3 aromatic heterocycles. The van der Waals surface area contributed by atoms with Crippen molar-refractivity contribution in [2.45, 2.75) is 13.0 Å². The van der Waals surface area contributed by atoms with Crippen molar-refractivity contribution in [2.24, 2.45) is 0 Å². The molecule has 0 aliphatic carbocycles. The molecule has 0 bridgehead atoms. The van der Waals surface area contributed by atoms with Gasteiger partial charge in [-0.15, -0.1) is 0 Å². The van der Waals surface area contributed by atoms with Gasteiger partial charge in [0.1, 0.15) is 11.2 Å². The van der Waals surface area contributed by atoms with Crippen molar-refractivity contribution in [3.05, 3.63) is 45.8 Å². The van der Waals surface area contributed by atoms with Crippen LogP contribution < -0.4 is 10.9 Å². The van der Waals surface area contributed by atoms with Crippen LogP contribution >= 0.6 is 11.3 Å².